The minimum absolute atomic E-state index is 0.0613. The van der Waals surface area contributed by atoms with Crippen molar-refractivity contribution in [2.45, 2.75) is 57.9 Å². The van der Waals surface area contributed by atoms with Crippen LogP contribution in [0.4, 0.5) is 0 Å². The molecule has 2 aromatic rings. The molecule has 1 saturated carbocycles. The number of nitrogens with zero attached hydrogens (tertiary/aromatic N) is 2. The number of amides is 1. The standard InChI is InChI=1S/C20H25N3O3/c1-2-6-18-17(19(24)22-15-7-4-3-5-8-15)13-21-23(18)16-11-9-14(10-12-16)20(25)26/h9-13,15H,2-8H2,1H3,(H,22,24)(H,25,26). The number of carbonyl (C=O) groups is 2. The minimum atomic E-state index is -0.960. The maximum atomic E-state index is 12.8. The first-order valence-electron chi connectivity index (χ1n) is 9.31. The van der Waals surface area contributed by atoms with Gasteiger partial charge in [-0.1, -0.05) is 32.6 Å². The smallest absolute Gasteiger partial charge is 0.335 e. The monoisotopic (exact) mass is 355 g/mol. The summed E-state index contributed by atoms with van der Waals surface area (Å²) in [5, 5.41) is 16.6. The molecule has 6 heteroatoms. The van der Waals surface area contributed by atoms with Crippen LogP contribution in [0.15, 0.2) is 30.5 Å². The van der Waals surface area contributed by atoms with Gasteiger partial charge < -0.3 is 10.4 Å². The van der Waals surface area contributed by atoms with E-state index in [9.17, 15) is 9.59 Å². The van der Waals surface area contributed by atoms with E-state index in [4.69, 9.17) is 5.11 Å². The quantitative estimate of drug-likeness (QED) is 0.829. The van der Waals surface area contributed by atoms with Crippen LogP contribution < -0.4 is 5.32 Å². The predicted molar refractivity (Wildman–Crippen MR) is 98.9 cm³/mol. The van der Waals surface area contributed by atoms with Crippen LogP contribution in [0, 0.1) is 0 Å². The van der Waals surface area contributed by atoms with E-state index in [1.165, 1.54) is 19.3 Å². The number of rotatable bonds is 6. The van der Waals surface area contributed by atoms with Crippen LogP contribution in [0.2, 0.25) is 0 Å². The molecule has 0 unspecified atom stereocenters. The van der Waals surface area contributed by atoms with Crippen molar-refractivity contribution in [2.24, 2.45) is 0 Å². The zero-order valence-corrected chi connectivity index (χ0v) is 15.1. The molecular weight excluding hydrogens is 330 g/mol. The second-order valence-electron chi connectivity index (χ2n) is 6.83. The highest BCUT2D eigenvalue weighted by atomic mass is 16.4. The lowest BCUT2D eigenvalue weighted by molar-refractivity contribution is 0.0696. The second-order valence-corrected chi connectivity index (χ2v) is 6.83. The first-order chi connectivity index (χ1) is 12.6. The number of hydrogen-bond acceptors (Lipinski definition) is 3. The molecule has 138 valence electrons. The number of aromatic carboxylic acids is 1. The summed E-state index contributed by atoms with van der Waals surface area (Å²) >= 11 is 0. The Morgan fingerprint density at radius 2 is 1.88 bits per heavy atom. The van der Waals surface area contributed by atoms with Crippen molar-refractivity contribution < 1.29 is 14.7 Å². The summed E-state index contributed by atoms with van der Waals surface area (Å²) in [6, 6.07) is 6.80. The maximum Gasteiger partial charge on any atom is 0.335 e. The molecule has 0 saturated heterocycles. The Labute approximate surface area is 153 Å². The lowest BCUT2D eigenvalue weighted by atomic mass is 9.95. The molecule has 0 aliphatic heterocycles. The van der Waals surface area contributed by atoms with Gasteiger partial charge in [0, 0.05) is 6.04 Å². The van der Waals surface area contributed by atoms with E-state index in [1.807, 2.05) is 0 Å². The molecule has 26 heavy (non-hydrogen) atoms. The van der Waals surface area contributed by atoms with Gasteiger partial charge in [0.2, 0.25) is 0 Å². The van der Waals surface area contributed by atoms with Gasteiger partial charge in [0.15, 0.2) is 0 Å². The van der Waals surface area contributed by atoms with Crippen molar-refractivity contribution in [2.75, 3.05) is 0 Å². The Hall–Kier alpha value is -2.63. The molecule has 6 nitrogen and oxygen atoms in total. The molecule has 1 aliphatic carbocycles. The lowest BCUT2D eigenvalue weighted by Gasteiger charge is -2.22. The number of aromatic nitrogens is 2. The van der Waals surface area contributed by atoms with Crippen molar-refractivity contribution in [3.05, 3.63) is 47.3 Å². The van der Waals surface area contributed by atoms with Gasteiger partial charge in [-0.2, -0.15) is 5.10 Å². The zero-order chi connectivity index (χ0) is 18.5. The number of benzene rings is 1. The summed E-state index contributed by atoms with van der Waals surface area (Å²) in [5.41, 5.74) is 2.46. The fraction of sp³-hybridized carbons (Fsp3) is 0.450. The Bertz CT molecular complexity index is 774. The predicted octanol–water partition coefficient (Wildman–Crippen LogP) is 3.59. The average Bonchev–Trinajstić information content (AvgIpc) is 3.07. The summed E-state index contributed by atoms with van der Waals surface area (Å²) in [5.74, 6) is -1.02. The first kappa shape index (κ1) is 18.2. The third kappa shape index (κ3) is 3.95. The van der Waals surface area contributed by atoms with E-state index in [-0.39, 0.29) is 17.5 Å². The highest BCUT2D eigenvalue weighted by Gasteiger charge is 2.21. The fourth-order valence-corrected chi connectivity index (χ4v) is 3.52. The van der Waals surface area contributed by atoms with Gasteiger partial charge in [0.1, 0.15) is 0 Å². The molecule has 1 fully saturated rings. The molecule has 1 aliphatic rings. The fourth-order valence-electron chi connectivity index (χ4n) is 3.52. The topological polar surface area (TPSA) is 84.2 Å². The van der Waals surface area contributed by atoms with Crippen molar-refractivity contribution in [1.82, 2.24) is 15.1 Å². The van der Waals surface area contributed by atoms with Crippen molar-refractivity contribution in [3.8, 4) is 5.69 Å². The van der Waals surface area contributed by atoms with E-state index >= 15 is 0 Å². The van der Waals surface area contributed by atoms with E-state index in [0.29, 0.717) is 5.56 Å². The summed E-state index contributed by atoms with van der Waals surface area (Å²) < 4.78 is 1.74. The third-order valence-corrected chi connectivity index (χ3v) is 4.90. The maximum absolute atomic E-state index is 12.8. The molecule has 2 N–H and O–H groups in total. The lowest BCUT2D eigenvalue weighted by Crippen LogP contribution is -2.36. The van der Waals surface area contributed by atoms with Crippen LogP contribution in [0.1, 0.15) is 71.9 Å². The first-order valence-corrected chi connectivity index (χ1v) is 9.31. The van der Waals surface area contributed by atoms with Crippen molar-refractivity contribution >= 4 is 11.9 Å². The Balaban J connectivity index is 1.85. The number of nitrogens with one attached hydrogen (secondary N) is 1. The summed E-state index contributed by atoms with van der Waals surface area (Å²) in [7, 11) is 0. The van der Waals surface area contributed by atoms with E-state index < -0.39 is 5.97 Å². The largest absolute Gasteiger partial charge is 0.478 e. The normalized spacial score (nSPS) is 15.0. The Kier molecular flexibility index (Phi) is 5.71. The second kappa shape index (κ2) is 8.17. The number of carboxylic acids is 1. The molecule has 1 amide bonds. The summed E-state index contributed by atoms with van der Waals surface area (Å²) in [6.45, 7) is 2.06. The van der Waals surface area contributed by atoms with Crippen LogP contribution in [0.3, 0.4) is 0 Å². The van der Waals surface area contributed by atoms with Gasteiger partial charge in [-0.15, -0.1) is 0 Å². The number of carbonyl (C=O) groups excluding carboxylic acids is 1. The van der Waals surface area contributed by atoms with Crippen LogP contribution in [0.25, 0.3) is 5.69 Å². The Morgan fingerprint density at radius 3 is 2.50 bits per heavy atom. The van der Waals surface area contributed by atoms with Gasteiger partial charge >= 0.3 is 5.97 Å². The van der Waals surface area contributed by atoms with Gasteiger partial charge in [0.05, 0.1) is 28.7 Å². The van der Waals surface area contributed by atoms with Crippen LogP contribution in [0.5, 0.6) is 0 Å². The van der Waals surface area contributed by atoms with Gasteiger partial charge in [-0.3, -0.25) is 4.79 Å². The molecule has 0 atom stereocenters. The minimum Gasteiger partial charge on any atom is -0.478 e. The molecule has 1 heterocycles. The van der Waals surface area contributed by atoms with Crippen molar-refractivity contribution in [3.63, 3.8) is 0 Å². The number of hydrogen-bond donors (Lipinski definition) is 2. The number of carboxylic acid groups (broad SMARTS) is 1. The summed E-state index contributed by atoms with van der Waals surface area (Å²) in [6.07, 6.45) is 8.91. The molecule has 0 bridgehead atoms. The third-order valence-electron chi connectivity index (χ3n) is 4.90. The molecule has 0 radical (unpaired) electrons. The SMILES string of the molecule is CCCc1c(C(=O)NC2CCCCC2)cnn1-c1ccc(C(=O)O)cc1. The summed E-state index contributed by atoms with van der Waals surface area (Å²) in [4.78, 5) is 23.8. The van der Waals surface area contributed by atoms with E-state index in [0.717, 1.165) is 37.1 Å². The van der Waals surface area contributed by atoms with Crippen LogP contribution in [-0.4, -0.2) is 32.8 Å². The van der Waals surface area contributed by atoms with E-state index in [1.54, 1.807) is 35.1 Å². The molecule has 1 aromatic carbocycles. The molecular formula is C20H25N3O3. The van der Waals surface area contributed by atoms with E-state index in [2.05, 4.69) is 17.3 Å². The van der Waals surface area contributed by atoms with Gasteiger partial charge in [-0.25, -0.2) is 9.48 Å². The highest BCUT2D eigenvalue weighted by Crippen LogP contribution is 2.20. The Morgan fingerprint density at radius 1 is 1.19 bits per heavy atom. The van der Waals surface area contributed by atoms with Crippen molar-refractivity contribution in [1.29, 1.82) is 0 Å². The average molecular weight is 355 g/mol. The van der Waals surface area contributed by atoms with Gasteiger partial charge in [-0.05, 0) is 43.5 Å². The van der Waals surface area contributed by atoms with Crippen LogP contribution in [-0.2, 0) is 6.42 Å². The molecule has 3 rings (SSSR count). The van der Waals surface area contributed by atoms with Crippen LogP contribution >= 0.6 is 0 Å². The molecule has 1 aromatic heterocycles. The zero-order valence-electron chi connectivity index (χ0n) is 15.1. The van der Waals surface area contributed by atoms with Gasteiger partial charge in [0.25, 0.3) is 5.91 Å². The highest BCUT2D eigenvalue weighted by molar-refractivity contribution is 5.95. The molecule has 0 spiro atoms.